The van der Waals surface area contributed by atoms with Crippen LogP contribution >= 0.6 is 0 Å². The van der Waals surface area contributed by atoms with Gasteiger partial charge < -0.3 is 4.98 Å². The molecule has 1 aliphatic carbocycles. The van der Waals surface area contributed by atoms with Crippen molar-refractivity contribution in [2.24, 2.45) is 11.8 Å². The van der Waals surface area contributed by atoms with Gasteiger partial charge in [0.05, 0.1) is 29.1 Å². The van der Waals surface area contributed by atoms with E-state index in [0.717, 1.165) is 29.6 Å². The quantitative estimate of drug-likeness (QED) is 0.559. The number of aromatic amines is 1. The number of fused-ring (bicyclic) bond motifs is 1. The lowest BCUT2D eigenvalue weighted by Gasteiger charge is -2.26. The predicted octanol–water partition coefficient (Wildman–Crippen LogP) is 2.52. The van der Waals surface area contributed by atoms with E-state index in [1.807, 2.05) is 19.1 Å². The molecular weight excluding hydrogens is 356 g/mol. The van der Waals surface area contributed by atoms with Gasteiger partial charge in [0.2, 0.25) is 5.78 Å². The molecule has 28 heavy (non-hydrogen) atoms. The highest BCUT2D eigenvalue weighted by Crippen LogP contribution is 2.44. The Morgan fingerprint density at radius 3 is 2.75 bits per heavy atom. The number of nitrogens with zero attached hydrogens (tertiary/aromatic N) is 3. The maximum absolute atomic E-state index is 13.0. The van der Waals surface area contributed by atoms with Crippen LogP contribution in [0.2, 0.25) is 0 Å². The van der Waals surface area contributed by atoms with Crippen molar-refractivity contribution in [2.75, 3.05) is 4.90 Å². The molecule has 1 amide bonds. The Morgan fingerprint density at radius 2 is 2.00 bits per heavy atom. The second-order valence-electron chi connectivity index (χ2n) is 7.45. The van der Waals surface area contributed by atoms with Crippen molar-refractivity contribution in [1.82, 2.24) is 15.0 Å². The predicted molar refractivity (Wildman–Crippen MR) is 102 cm³/mol. The summed E-state index contributed by atoms with van der Waals surface area (Å²) in [6.07, 6.45) is 3.14. The number of amides is 1. The summed E-state index contributed by atoms with van der Waals surface area (Å²) in [5.41, 5.74) is 3.39. The average Bonchev–Trinajstić information content (AvgIpc) is 3.38. The number of anilines is 1. The molecule has 2 aliphatic rings. The topological polar surface area (TPSA) is 96.0 Å². The van der Waals surface area contributed by atoms with E-state index in [1.165, 1.54) is 4.90 Å². The minimum absolute atomic E-state index is 0.121. The van der Waals surface area contributed by atoms with Gasteiger partial charge in [0.25, 0.3) is 5.91 Å². The number of Topliss-reactive ketones (excluding diaryl/α,β-unsaturated/α-hetero) is 2. The first kappa shape index (κ1) is 16.8. The summed E-state index contributed by atoms with van der Waals surface area (Å²) in [4.78, 5) is 52.0. The van der Waals surface area contributed by atoms with Crippen LogP contribution in [-0.4, -0.2) is 32.4 Å². The molecule has 7 nitrogen and oxygen atoms in total. The second kappa shape index (κ2) is 6.09. The van der Waals surface area contributed by atoms with E-state index in [9.17, 15) is 14.4 Å². The number of hydrogen-bond donors (Lipinski definition) is 1. The van der Waals surface area contributed by atoms with E-state index in [4.69, 9.17) is 0 Å². The van der Waals surface area contributed by atoms with Gasteiger partial charge in [0, 0.05) is 17.3 Å². The van der Waals surface area contributed by atoms with E-state index >= 15 is 0 Å². The number of aryl methyl sites for hydroxylation is 1. The van der Waals surface area contributed by atoms with E-state index < -0.39 is 23.7 Å². The van der Waals surface area contributed by atoms with Crippen molar-refractivity contribution in [2.45, 2.75) is 25.8 Å². The fourth-order valence-corrected chi connectivity index (χ4v) is 3.96. The van der Waals surface area contributed by atoms with Crippen molar-refractivity contribution in [3.8, 4) is 0 Å². The van der Waals surface area contributed by atoms with Gasteiger partial charge in [-0.3, -0.25) is 24.3 Å². The molecule has 3 aromatic rings. The summed E-state index contributed by atoms with van der Waals surface area (Å²) in [7, 11) is 0. The number of pyridine rings is 1. The highest BCUT2D eigenvalue weighted by atomic mass is 16.2. The molecule has 1 aliphatic heterocycles. The fraction of sp³-hybridized carbons (Fsp3) is 0.286. The number of carbonyl (C=O) groups excluding carboxylic acids is 3. The number of H-pyrrole nitrogens is 1. The van der Waals surface area contributed by atoms with E-state index in [-0.39, 0.29) is 11.7 Å². The summed E-state index contributed by atoms with van der Waals surface area (Å²) in [5.74, 6) is -2.58. The molecule has 0 bridgehead atoms. The second-order valence-corrected chi connectivity index (χ2v) is 7.45. The lowest BCUT2D eigenvalue weighted by atomic mass is 9.89. The van der Waals surface area contributed by atoms with Crippen LogP contribution in [0.1, 0.15) is 30.3 Å². The summed E-state index contributed by atoms with van der Waals surface area (Å²) in [5, 5.41) is 0. The monoisotopic (exact) mass is 374 g/mol. The molecule has 3 heterocycles. The van der Waals surface area contributed by atoms with Crippen molar-refractivity contribution < 1.29 is 14.4 Å². The van der Waals surface area contributed by atoms with Gasteiger partial charge in [0.15, 0.2) is 0 Å². The van der Waals surface area contributed by atoms with Crippen LogP contribution in [0.25, 0.3) is 11.0 Å². The van der Waals surface area contributed by atoms with Crippen molar-refractivity contribution in [1.29, 1.82) is 0 Å². The Kier molecular flexibility index (Phi) is 3.65. The Morgan fingerprint density at radius 1 is 1.18 bits per heavy atom. The van der Waals surface area contributed by atoms with Crippen LogP contribution in [0.3, 0.4) is 0 Å². The molecule has 5 rings (SSSR count). The van der Waals surface area contributed by atoms with Gasteiger partial charge in [-0.15, -0.1) is 0 Å². The summed E-state index contributed by atoms with van der Waals surface area (Å²) in [6.45, 7) is 1.85. The number of rotatable bonds is 4. The van der Waals surface area contributed by atoms with Gasteiger partial charge in [-0.2, -0.15) is 0 Å². The third-order valence-corrected chi connectivity index (χ3v) is 5.49. The van der Waals surface area contributed by atoms with Crippen LogP contribution in [0, 0.1) is 18.8 Å². The largest absolute Gasteiger partial charge is 0.345 e. The Hall–Kier alpha value is -3.35. The van der Waals surface area contributed by atoms with Gasteiger partial charge in [0.1, 0.15) is 11.7 Å². The number of hydrogen-bond acceptors (Lipinski definition) is 5. The molecule has 1 saturated carbocycles. The van der Waals surface area contributed by atoms with E-state index in [1.54, 1.807) is 30.6 Å². The minimum atomic E-state index is -1.01. The highest BCUT2D eigenvalue weighted by molar-refractivity contribution is 6.48. The van der Waals surface area contributed by atoms with Gasteiger partial charge in [-0.05, 0) is 50.1 Å². The molecule has 2 atom stereocenters. The minimum Gasteiger partial charge on any atom is -0.345 e. The van der Waals surface area contributed by atoms with Crippen LogP contribution in [0.5, 0.6) is 0 Å². The first-order valence-electron chi connectivity index (χ1n) is 9.32. The number of imidazole rings is 1. The Balaban J connectivity index is 1.67. The first-order chi connectivity index (χ1) is 13.5. The standard InChI is InChI=1S/C21H18N4O3/c1-11-3-2-4-15(24-11)18-17(19(26)12-5-6-12)20(27)21(28)25(18)13-7-8-14-16(9-13)23-10-22-14/h2-4,7-10,12,17-18H,5-6H2,1H3,(H,22,23). The molecule has 2 unspecified atom stereocenters. The van der Waals surface area contributed by atoms with Crippen LogP contribution in [0.4, 0.5) is 5.69 Å². The van der Waals surface area contributed by atoms with Crippen molar-refractivity contribution in [3.63, 3.8) is 0 Å². The summed E-state index contributed by atoms with van der Waals surface area (Å²) < 4.78 is 0. The molecule has 140 valence electrons. The number of carbonyl (C=O) groups is 3. The third kappa shape index (κ3) is 2.54. The number of nitrogens with one attached hydrogen (secondary N) is 1. The van der Waals surface area contributed by atoms with Crippen LogP contribution < -0.4 is 4.90 Å². The number of aromatic nitrogens is 3. The summed E-state index contributed by atoms with van der Waals surface area (Å²) >= 11 is 0. The van der Waals surface area contributed by atoms with Crippen molar-refractivity contribution in [3.05, 3.63) is 54.1 Å². The zero-order chi connectivity index (χ0) is 19.4. The number of benzene rings is 1. The normalized spacial score (nSPS) is 22.2. The smallest absolute Gasteiger partial charge is 0.295 e. The van der Waals surface area contributed by atoms with Crippen LogP contribution in [-0.2, 0) is 14.4 Å². The molecule has 2 fully saturated rings. The van der Waals surface area contributed by atoms with E-state index in [2.05, 4.69) is 15.0 Å². The van der Waals surface area contributed by atoms with Gasteiger partial charge >= 0.3 is 0 Å². The molecule has 0 radical (unpaired) electrons. The maximum Gasteiger partial charge on any atom is 0.295 e. The molecule has 2 aromatic heterocycles. The third-order valence-electron chi connectivity index (χ3n) is 5.49. The zero-order valence-corrected chi connectivity index (χ0v) is 15.3. The molecule has 1 saturated heterocycles. The SMILES string of the molecule is Cc1cccc(C2C(C(=O)C3CC3)C(=O)C(=O)N2c2ccc3nc[nH]c3c2)n1. The van der Waals surface area contributed by atoms with Crippen molar-refractivity contribution >= 4 is 34.2 Å². The lowest BCUT2D eigenvalue weighted by molar-refractivity contribution is -0.139. The van der Waals surface area contributed by atoms with Gasteiger partial charge in [-0.1, -0.05) is 6.07 Å². The Bertz CT molecular complexity index is 1130. The Labute approximate surface area is 160 Å². The molecule has 0 spiro atoms. The lowest BCUT2D eigenvalue weighted by Crippen LogP contribution is -2.31. The average molecular weight is 374 g/mol. The number of ketones is 2. The molecule has 1 N–H and O–H groups in total. The molecule has 1 aromatic carbocycles. The van der Waals surface area contributed by atoms with Crippen LogP contribution in [0.15, 0.2) is 42.7 Å². The summed E-state index contributed by atoms with van der Waals surface area (Å²) in [6, 6.07) is 10.0. The molecular formula is C21H18N4O3. The maximum atomic E-state index is 13.0. The fourth-order valence-electron chi connectivity index (χ4n) is 3.96. The zero-order valence-electron chi connectivity index (χ0n) is 15.3. The highest BCUT2D eigenvalue weighted by Gasteiger charge is 2.55. The first-order valence-corrected chi connectivity index (χ1v) is 9.32. The van der Waals surface area contributed by atoms with E-state index in [0.29, 0.717) is 11.4 Å². The molecule has 7 heteroatoms. The van der Waals surface area contributed by atoms with Gasteiger partial charge in [-0.25, -0.2) is 4.98 Å².